The molecule has 0 aromatic rings. The van der Waals surface area contributed by atoms with Crippen LogP contribution in [0.3, 0.4) is 0 Å². The Morgan fingerprint density at radius 1 is 1.46 bits per heavy atom. The maximum absolute atomic E-state index is 10.9. The molecule has 0 radical (unpaired) electrons. The van der Waals surface area contributed by atoms with Gasteiger partial charge in [0.2, 0.25) is 5.22 Å². The minimum Gasteiger partial charge on any atom is -0.409 e. The van der Waals surface area contributed by atoms with Gasteiger partial charge < -0.3 is 4.74 Å². The Morgan fingerprint density at radius 2 is 2.00 bits per heavy atom. The molecule has 72 valence electrons. The topological polar surface area (TPSA) is 26.3 Å². The molecule has 0 fully saturated rings. The van der Waals surface area contributed by atoms with Crippen LogP contribution in [0.1, 0.15) is 13.8 Å². The number of rotatable bonds is 3. The molecule has 0 rings (SSSR count). The summed E-state index contributed by atoms with van der Waals surface area (Å²) in [5.41, 5.74) is 0.267. The Morgan fingerprint density at radius 3 is 2.38 bits per heavy atom. The molecule has 0 amide bonds. The van der Waals surface area contributed by atoms with E-state index in [1.807, 2.05) is 0 Å². The molecule has 0 bridgehead atoms. The number of allylic oxidation sites excluding steroid dienone is 3. The summed E-state index contributed by atoms with van der Waals surface area (Å²) >= 11 is 11.2. The quantitative estimate of drug-likeness (QED) is 0.316. The molecule has 0 heterocycles. The van der Waals surface area contributed by atoms with E-state index in [0.717, 1.165) is 0 Å². The molecular formula is C9H10Cl2O2. The van der Waals surface area contributed by atoms with Crippen molar-refractivity contribution in [2.75, 3.05) is 0 Å². The van der Waals surface area contributed by atoms with Crippen molar-refractivity contribution in [3.05, 3.63) is 34.6 Å². The Labute approximate surface area is 87.5 Å². The first-order chi connectivity index (χ1) is 5.99. The molecule has 0 aliphatic carbocycles. The standard InChI is InChI=1S/C9H10Cl2O2/c1-4-5-7(10)8(11)13-9(12)6(2)3/h4-5H,2H2,1,3H3. The third-order valence-corrected chi connectivity index (χ3v) is 1.71. The fraction of sp³-hybridized carbons (Fsp3) is 0.222. The lowest BCUT2D eigenvalue weighted by atomic mass is 10.4. The Hall–Kier alpha value is -0.730. The second-order valence-electron chi connectivity index (χ2n) is 2.29. The third kappa shape index (κ3) is 4.76. The molecule has 0 spiro atoms. The summed E-state index contributed by atoms with van der Waals surface area (Å²) in [6, 6.07) is 0. The fourth-order valence-corrected chi connectivity index (χ4v) is 0.727. The molecule has 0 atom stereocenters. The number of halogens is 2. The SMILES string of the molecule is C=C(C)C(=O)OC(Cl)=C(Cl)C=CC. The van der Waals surface area contributed by atoms with Crippen molar-refractivity contribution in [1.29, 1.82) is 0 Å². The maximum Gasteiger partial charge on any atom is 0.339 e. The van der Waals surface area contributed by atoms with Gasteiger partial charge in [-0.15, -0.1) is 0 Å². The summed E-state index contributed by atoms with van der Waals surface area (Å²) < 4.78 is 4.65. The highest BCUT2D eigenvalue weighted by atomic mass is 35.5. The Balaban J connectivity index is 4.45. The van der Waals surface area contributed by atoms with Gasteiger partial charge in [0.25, 0.3) is 0 Å². The highest BCUT2D eigenvalue weighted by Gasteiger charge is 2.08. The van der Waals surface area contributed by atoms with E-state index in [-0.39, 0.29) is 15.8 Å². The maximum atomic E-state index is 10.9. The van der Waals surface area contributed by atoms with E-state index in [1.165, 1.54) is 13.0 Å². The van der Waals surface area contributed by atoms with Gasteiger partial charge in [-0.1, -0.05) is 24.3 Å². The predicted molar refractivity (Wildman–Crippen MR) is 54.5 cm³/mol. The van der Waals surface area contributed by atoms with Crippen LogP contribution in [0.4, 0.5) is 0 Å². The summed E-state index contributed by atoms with van der Waals surface area (Å²) in [6.07, 6.45) is 3.20. The van der Waals surface area contributed by atoms with E-state index in [1.54, 1.807) is 13.0 Å². The molecule has 13 heavy (non-hydrogen) atoms. The van der Waals surface area contributed by atoms with Crippen molar-refractivity contribution in [1.82, 2.24) is 0 Å². The van der Waals surface area contributed by atoms with Crippen LogP contribution in [0, 0.1) is 0 Å². The number of carbonyl (C=O) groups excluding carboxylic acids is 1. The van der Waals surface area contributed by atoms with Crippen LogP contribution in [-0.4, -0.2) is 5.97 Å². The van der Waals surface area contributed by atoms with E-state index in [0.29, 0.717) is 0 Å². The van der Waals surface area contributed by atoms with Crippen LogP contribution in [0.2, 0.25) is 0 Å². The lowest BCUT2D eigenvalue weighted by Crippen LogP contribution is -2.02. The molecule has 0 aliphatic rings. The Kier molecular flexibility index (Phi) is 5.51. The van der Waals surface area contributed by atoms with Crippen molar-refractivity contribution in [3.63, 3.8) is 0 Å². The lowest BCUT2D eigenvalue weighted by molar-refractivity contribution is -0.134. The fourth-order valence-electron chi connectivity index (χ4n) is 0.429. The Bertz CT molecular complexity index is 277. The van der Waals surface area contributed by atoms with Crippen molar-refractivity contribution in [2.45, 2.75) is 13.8 Å². The lowest BCUT2D eigenvalue weighted by Gasteiger charge is -2.01. The van der Waals surface area contributed by atoms with E-state index < -0.39 is 5.97 Å². The molecule has 2 nitrogen and oxygen atoms in total. The van der Waals surface area contributed by atoms with Gasteiger partial charge in [-0.05, 0) is 31.5 Å². The van der Waals surface area contributed by atoms with Crippen LogP contribution >= 0.6 is 23.2 Å². The molecule has 0 saturated heterocycles. The van der Waals surface area contributed by atoms with Crippen molar-refractivity contribution in [2.24, 2.45) is 0 Å². The minimum atomic E-state index is -0.590. The van der Waals surface area contributed by atoms with E-state index >= 15 is 0 Å². The van der Waals surface area contributed by atoms with Gasteiger partial charge in [0.15, 0.2) is 0 Å². The van der Waals surface area contributed by atoms with Crippen LogP contribution in [0.5, 0.6) is 0 Å². The number of esters is 1. The van der Waals surface area contributed by atoms with Gasteiger partial charge in [-0.25, -0.2) is 4.79 Å². The second kappa shape index (κ2) is 5.84. The monoisotopic (exact) mass is 220 g/mol. The van der Waals surface area contributed by atoms with Gasteiger partial charge in [0.05, 0.1) is 5.03 Å². The molecule has 4 heteroatoms. The smallest absolute Gasteiger partial charge is 0.339 e. The first-order valence-corrected chi connectivity index (χ1v) is 4.30. The van der Waals surface area contributed by atoms with Crippen LogP contribution < -0.4 is 0 Å². The number of hydrogen-bond acceptors (Lipinski definition) is 2. The summed E-state index contributed by atoms with van der Waals surface area (Å²) in [6.45, 7) is 6.69. The summed E-state index contributed by atoms with van der Waals surface area (Å²) in [4.78, 5) is 10.9. The van der Waals surface area contributed by atoms with E-state index in [2.05, 4.69) is 11.3 Å². The van der Waals surface area contributed by atoms with Gasteiger partial charge in [-0.3, -0.25) is 0 Å². The molecule has 0 unspecified atom stereocenters. The molecule has 0 aliphatic heterocycles. The second-order valence-corrected chi connectivity index (χ2v) is 3.04. The van der Waals surface area contributed by atoms with Crippen LogP contribution in [-0.2, 0) is 9.53 Å². The zero-order chi connectivity index (χ0) is 10.4. The predicted octanol–water partition coefficient (Wildman–Crippen LogP) is 3.33. The number of hydrogen-bond donors (Lipinski definition) is 0. The first kappa shape index (κ1) is 12.3. The van der Waals surface area contributed by atoms with E-state index in [9.17, 15) is 4.79 Å². The van der Waals surface area contributed by atoms with Crippen molar-refractivity contribution < 1.29 is 9.53 Å². The minimum absolute atomic E-state index is 0.146. The first-order valence-electron chi connectivity index (χ1n) is 3.54. The van der Waals surface area contributed by atoms with Crippen LogP contribution in [0.25, 0.3) is 0 Å². The molecule has 0 saturated carbocycles. The zero-order valence-corrected chi connectivity index (χ0v) is 8.95. The average Bonchev–Trinajstić information content (AvgIpc) is 2.04. The number of ether oxygens (including phenoxy) is 1. The van der Waals surface area contributed by atoms with Crippen molar-refractivity contribution >= 4 is 29.2 Å². The summed E-state index contributed by atoms with van der Waals surface area (Å²) in [5.74, 6) is -0.590. The molecule has 0 aromatic heterocycles. The van der Waals surface area contributed by atoms with Gasteiger partial charge in [0, 0.05) is 5.57 Å². The highest BCUT2D eigenvalue weighted by molar-refractivity contribution is 6.39. The van der Waals surface area contributed by atoms with Crippen molar-refractivity contribution in [3.8, 4) is 0 Å². The third-order valence-electron chi connectivity index (χ3n) is 1.03. The zero-order valence-electron chi connectivity index (χ0n) is 7.43. The molecular weight excluding hydrogens is 211 g/mol. The van der Waals surface area contributed by atoms with E-state index in [4.69, 9.17) is 23.2 Å². The average molecular weight is 221 g/mol. The van der Waals surface area contributed by atoms with Gasteiger partial charge in [0.1, 0.15) is 0 Å². The largest absolute Gasteiger partial charge is 0.409 e. The molecule has 0 aromatic carbocycles. The molecule has 0 N–H and O–H groups in total. The van der Waals surface area contributed by atoms with Gasteiger partial charge in [-0.2, -0.15) is 0 Å². The van der Waals surface area contributed by atoms with Gasteiger partial charge >= 0.3 is 5.97 Å². The highest BCUT2D eigenvalue weighted by Crippen LogP contribution is 2.17. The number of carbonyl (C=O) groups is 1. The summed E-state index contributed by atoms with van der Waals surface area (Å²) in [7, 11) is 0. The summed E-state index contributed by atoms with van der Waals surface area (Å²) in [5, 5.41) is 0.0338. The van der Waals surface area contributed by atoms with Crippen LogP contribution in [0.15, 0.2) is 34.6 Å². The normalized spacial score (nSPS) is 12.6.